The van der Waals surface area contributed by atoms with E-state index in [-0.39, 0.29) is 23.0 Å². The lowest BCUT2D eigenvalue weighted by atomic mass is 9.83. The van der Waals surface area contributed by atoms with Crippen molar-refractivity contribution in [1.29, 1.82) is 5.26 Å². The molecule has 0 aliphatic carbocycles. The number of fused-ring (bicyclic) bond motifs is 2. The van der Waals surface area contributed by atoms with Gasteiger partial charge in [-0.25, -0.2) is 4.79 Å². The molecule has 4 aromatic carbocycles. The number of hydrogen-bond donors (Lipinski definition) is 1. The van der Waals surface area contributed by atoms with Crippen LogP contribution in [-0.2, 0) is 6.61 Å². The average Bonchev–Trinajstić information content (AvgIpc) is 3.31. The monoisotopic (exact) mass is 590 g/mol. The second-order valence-electron chi connectivity index (χ2n) is 10.5. The van der Waals surface area contributed by atoms with E-state index in [1.807, 2.05) is 81.4 Å². The fraction of sp³-hybridized carbons (Fsp3) is 0.143. The van der Waals surface area contributed by atoms with Crippen molar-refractivity contribution in [3.63, 3.8) is 0 Å². The van der Waals surface area contributed by atoms with E-state index in [1.54, 1.807) is 18.2 Å². The number of halogens is 1. The van der Waals surface area contributed by atoms with E-state index in [0.717, 1.165) is 27.6 Å². The molecule has 214 valence electrons. The molecule has 6 rings (SSSR count). The highest BCUT2D eigenvalue weighted by molar-refractivity contribution is 6.31. The number of esters is 1. The quantitative estimate of drug-likeness (QED) is 0.157. The lowest BCUT2D eigenvalue weighted by Gasteiger charge is -2.26. The molecule has 0 spiro atoms. The van der Waals surface area contributed by atoms with Gasteiger partial charge in [-0.1, -0.05) is 48.0 Å². The maximum Gasteiger partial charge on any atom is 0.379 e. The van der Waals surface area contributed by atoms with E-state index < -0.39 is 11.9 Å². The number of furan rings is 1. The summed E-state index contributed by atoms with van der Waals surface area (Å²) in [6.45, 7) is 6.17. The van der Waals surface area contributed by atoms with Gasteiger partial charge in [0, 0.05) is 33.2 Å². The number of carbonyl (C=O) groups is 1. The number of ether oxygens (including phenoxy) is 3. The SMILES string of the molecule is Cc1cc2oc(C(=O)Oc3ccc4c(c3)OC(N)=C(C#N)C4c3ccc(OCc4ccccc4Cl)cc3)c(C)c2cc1C. The van der Waals surface area contributed by atoms with Gasteiger partial charge in [-0.15, -0.1) is 0 Å². The summed E-state index contributed by atoms with van der Waals surface area (Å²) < 4.78 is 23.3. The number of benzene rings is 4. The Morgan fingerprint density at radius 1 is 0.977 bits per heavy atom. The topological polar surface area (TPSA) is 108 Å². The maximum absolute atomic E-state index is 13.1. The van der Waals surface area contributed by atoms with Gasteiger partial charge in [0.25, 0.3) is 0 Å². The van der Waals surface area contributed by atoms with Crippen LogP contribution in [0.1, 0.15) is 49.9 Å². The van der Waals surface area contributed by atoms with E-state index in [4.69, 9.17) is 36.0 Å². The van der Waals surface area contributed by atoms with Gasteiger partial charge in [0.05, 0.1) is 5.92 Å². The van der Waals surface area contributed by atoms with Crippen molar-refractivity contribution >= 4 is 28.5 Å². The lowest BCUT2D eigenvalue weighted by molar-refractivity contribution is 0.0702. The van der Waals surface area contributed by atoms with Crippen molar-refractivity contribution in [3.8, 4) is 23.3 Å². The fourth-order valence-corrected chi connectivity index (χ4v) is 5.39. The van der Waals surface area contributed by atoms with Crippen LogP contribution < -0.4 is 19.9 Å². The molecule has 1 aromatic heterocycles. The van der Waals surface area contributed by atoms with Crippen molar-refractivity contribution in [2.24, 2.45) is 5.73 Å². The summed E-state index contributed by atoms with van der Waals surface area (Å²) in [5.41, 5.74) is 12.4. The van der Waals surface area contributed by atoms with E-state index in [9.17, 15) is 10.1 Å². The Bertz CT molecular complexity index is 1970. The number of hydrogen-bond acceptors (Lipinski definition) is 7. The summed E-state index contributed by atoms with van der Waals surface area (Å²) in [7, 11) is 0. The molecule has 2 N–H and O–H groups in total. The number of carbonyl (C=O) groups excluding carboxylic acids is 1. The Kier molecular flexibility index (Phi) is 7.31. The Labute approximate surface area is 253 Å². The third-order valence-corrected chi connectivity index (χ3v) is 8.07. The fourth-order valence-electron chi connectivity index (χ4n) is 5.20. The summed E-state index contributed by atoms with van der Waals surface area (Å²) >= 11 is 6.24. The highest BCUT2D eigenvalue weighted by Crippen LogP contribution is 2.44. The van der Waals surface area contributed by atoms with Gasteiger partial charge in [0.2, 0.25) is 11.6 Å². The van der Waals surface area contributed by atoms with Gasteiger partial charge >= 0.3 is 5.97 Å². The highest BCUT2D eigenvalue weighted by Gasteiger charge is 2.31. The van der Waals surface area contributed by atoms with Gasteiger partial charge in [-0.2, -0.15) is 5.26 Å². The van der Waals surface area contributed by atoms with E-state index >= 15 is 0 Å². The standard InChI is InChI=1S/C35H27ClN2O5/c1-19-14-27-21(3)33(42-30(27)15-20(19)2)35(39)41-25-12-13-26-31(16-25)43-34(38)28(17-37)32(26)22-8-10-24(11-9-22)40-18-23-6-4-5-7-29(23)36/h4-16,32H,18,38H2,1-3H3. The molecular formula is C35H27ClN2O5. The Hall–Kier alpha value is -5.19. The number of allylic oxidation sites excluding steroid dienone is 1. The molecule has 0 radical (unpaired) electrons. The minimum atomic E-state index is -0.620. The molecule has 1 unspecified atom stereocenters. The molecule has 1 aliphatic heterocycles. The summed E-state index contributed by atoms with van der Waals surface area (Å²) in [5, 5.41) is 11.5. The van der Waals surface area contributed by atoms with Crippen LogP contribution in [0, 0.1) is 32.1 Å². The number of nitrogens with zero attached hydrogens (tertiary/aromatic N) is 1. The van der Waals surface area contributed by atoms with Gasteiger partial charge < -0.3 is 24.4 Å². The molecule has 8 heteroatoms. The highest BCUT2D eigenvalue weighted by atomic mass is 35.5. The van der Waals surface area contributed by atoms with Crippen LogP contribution >= 0.6 is 11.6 Å². The third-order valence-electron chi connectivity index (χ3n) is 7.70. The first-order chi connectivity index (χ1) is 20.7. The zero-order valence-corrected chi connectivity index (χ0v) is 24.5. The molecule has 1 aliphatic rings. The zero-order chi connectivity index (χ0) is 30.2. The molecule has 0 bridgehead atoms. The molecule has 7 nitrogen and oxygen atoms in total. The van der Waals surface area contributed by atoms with Crippen molar-refractivity contribution in [3.05, 3.63) is 134 Å². The van der Waals surface area contributed by atoms with Gasteiger partial charge in [-0.05, 0) is 73.9 Å². The smallest absolute Gasteiger partial charge is 0.379 e. The minimum absolute atomic E-state index is 0.0126. The zero-order valence-electron chi connectivity index (χ0n) is 23.7. The van der Waals surface area contributed by atoms with Crippen molar-refractivity contribution in [1.82, 2.24) is 0 Å². The van der Waals surface area contributed by atoms with Crippen molar-refractivity contribution < 1.29 is 23.4 Å². The third kappa shape index (κ3) is 5.29. The second-order valence-corrected chi connectivity index (χ2v) is 10.9. The normalized spacial score (nSPS) is 14.2. The molecule has 0 amide bonds. The number of rotatable bonds is 6. The Balaban J connectivity index is 1.25. The number of nitrogens with two attached hydrogens (primary N) is 1. The van der Waals surface area contributed by atoms with Crippen LogP contribution in [0.3, 0.4) is 0 Å². The van der Waals surface area contributed by atoms with Crippen molar-refractivity contribution in [2.75, 3.05) is 0 Å². The van der Waals surface area contributed by atoms with E-state index in [2.05, 4.69) is 6.07 Å². The first-order valence-electron chi connectivity index (χ1n) is 13.6. The summed E-state index contributed by atoms with van der Waals surface area (Å²) in [5.74, 6) is 0.315. The first-order valence-corrected chi connectivity index (χ1v) is 14.0. The predicted molar refractivity (Wildman–Crippen MR) is 163 cm³/mol. The molecule has 1 atom stereocenters. The van der Waals surface area contributed by atoms with E-state index in [0.29, 0.717) is 39.8 Å². The second kappa shape index (κ2) is 11.2. The first kappa shape index (κ1) is 28.0. The number of nitriles is 1. The van der Waals surface area contributed by atoms with Crippen molar-refractivity contribution in [2.45, 2.75) is 33.3 Å². The number of aryl methyl sites for hydroxylation is 3. The predicted octanol–water partition coefficient (Wildman–Crippen LogP) is 8.03. The van der Waals surface area contributed by atoms with Crippen LogP contribution in [-0.4, -0.2) is 5.97 Å². The summed E-state index contributed by atoms with van der Waals surface area (Å²) in [4.78, 5) is 13.1. The maximum atomic E-state index is 13.1. The molecule has 5 aromatic rings. The van der Waals surface area contributed by atoms with Crippen LogP contribution in [0.4, 0.5) is 0 Å². The lowest BCUT2D eigenvalue weighted by Crippen LogP contribution is -2.21. The Morgan fingerprint density at radius 3 is 2.44 bits per heavy atom. The average molecular weight is 591 g/mol. The van der Waals surface area contributed by atoms with Gasteiger partial charge in [0.15, 0.2) is 0 Å². The largest absolute Gasteiger partial charge is 0.489 e. The summed E-state index contributed by atoms with van der Waals surface area (Å²) in [6.07, 6.45) is 0. The molecular weight excluding hydrogens is 564 g/mol. The summed E-state index contributed by atoms with van der Waals surface area (Å²) in [6, 6.07) is 26.1. The van der Waals surface area contributed by atoms with Crippen LogP contribution in [0.25, 0.3) is 11.0 Å². The molecule has 2 heterocycles. The molecule has 0 saturated carbocycles. The van der Waals surface area contributed by atoms with Crippen LogP contribution in [0.5, 0.6) is 17.2 Å². The van der Waals surface area contributed by atoms with Gasteiger partial charge in [-0.3, -0.25) is 0 Å². The van der Waals surface area contributed by atoms with Gasteiger partial charge in [0.1, 0.15) is 41.1 Å². The van der Waals surface area contributed by atoms with Crippen LogP contribution in [0.15, 0.2) is 94.7 Å². The molecule has 0 fully saturated rings. The van der Waals surface area contributed by atoms with Crippen LogP contribution in [0.2, 0.25) is 5.02 Å². The Morgan fingerprint density at radius 2 is 1.70 bits per heavy atom. The minimum Gasteiger partial charge on any atom is -0.489 e. The molecule has 0 saturated heterocycles. The molecule has 43 heavy (non-hydrogen) atoms. The van der Waals surface area contributed by atoms with E-state index in [1.165, 1.54) is 0 Å².